The second-order valence-corrected chi connectivity index (χ2v) is 7.30. The van der Waals surface area contributed by atoms with Crippen molar-refractivity contribution < 1.29 is 19.0 Å². The van der Waals surface area contributed by atoms with Crippen molar-refractivity contribution in [3.63, 3.8) is 0 Å². The monoisotopic (exact) mass is 482 g/mol. The average molecular weight is 482 g/mol. The maximum Gasteiger partial charge on any atom is 0.255 e. The molecule has 1 saturated heterocycles. The Labute approximate surface area is 173 Å². The van der Waals surface area contributed by atoms with E-state index in [4.69, 9.17) is 14.2 Å². The minimum Gasteiger partial charge on any atom is -0.495 e. The van der Waals surface area contributed by atoms with E-state index in [1.165, 1.54) is 0 Å². The molecule has 0 spiro atoms. The molecule has 0 radical (unpaired) electrons. The molecule has 0 N–H and O–H groups in total. The molecular weight excluding hydrogens is 459 g/mol. The highest BCUT2D eigenvalue weighted by Crippen LogP contribution is 2.33. The third kappa shape index (κ3) is 4.07. The van der Waals surface area contributed by atoms with Gasteiger partial charge in [0.05, 0.1) is 32.6 Å². The van der Waals surface area contributed by atoms with Gasteiger partial charge < -0.3 is 24.0 Å². The number of hydrogen-bond donors (Lipinski definition) is 0. The zero-order chi connectivity index (χ0) is 19.4. The fraction of sp³-hybridized carbons (Fsp3) is 0.350. The molecule has 2 aromatic carbocycles. The lowest BCUT2D eigenvalue weighted by Gasteiger charge is -2.36. The number of amides is 1. The molecule has 1 amide bonds. The van der Waals surface area contributed by atoms with Crippen LogP contribution >= 0.6 is 22.6 Å². The van der Waals surface area contributed by atoms with Gasteiger partial charge in [0.25, 0.3) is 5.91 Å². The minimum absolute atomic E-state index is 0.0139. The SMILES string of the molecule is COc1cc(I)c(C(=O)N2CCN(c3ccccc3OC)CC2)cc1OC. The molecule has 2 aromatic rings. The number of halogens is 1. The van der Waals surface area contributed by atoms with Gasteiger partial charge in [-0.25, -0.2) is 0 Å². The zero-order valence-corrected chi connectivity index (χ0v) is 17.9. The summed E-state index contributed by atoms with van der Waals surface area (Å²) in [5.41, 5.74) is 1.70. The van der Waals surface area contributed by atoms with E-state index in [-0.39, 0.29) is 5.91 Å². The van der Waals surface area contributed by atoms with Gasteiger partial charge in [-0.15, -0.1) is 0 Å². The molecule has 0 saturated carbocycles. The Bertz CT molecular complexity index is 820. The summed E-state index contributed by atoms with van der Waals surface area (Å²) in [5, 5.41) is 0. The van der Waals surface area contributed by atoms with E-state index in [9.17, 15) is 4.79 Å². The lowest BCUT2D eigenvalue weighted by Crippen LogP contribution is -2.49. The van der Waals surface area contributed by atoms with E-state index in [1.807, 2.05) is 35.2 Å². The predicted molar refractivity (Wildman–Crippen MR) is 113 cm³/mol. The van der Waals surface area contributed by atoms with Crippen LogP contribution in [0, 0.1) is 3.57 Å². The topological polar surface area (TPSA) is 51.2 Å². The van der Waals surface area contributed by atoms with Crippen molar-refractivity contribution in [2.24, 2.45) is 0 Å². The van der Waals surface area contributed by atoms with E-state index >= 15 is 0 Å². The molecule has 0 bridgehead atoms. The number of carbonyl (C=O) groups excluding carboxylic acids is 1. The smallest absolute Gasteiger partial charge is 0.255 e. The molecule has 7 heteroatoms. The van der Waals surface area contributed by atoms with Gasteiger partial charge in [0.2, 0.25) is 0 Å². The van der Waals surface area contributed by atoms with Gasteiger partial charge >= 0.3 is 0 Å². The van der Waals surface area contributed by atoms with Crippen LogP contribution < -0.4 is 19.1 Å². The molecule has 0 atom stereocenters. The quantitative estimate of drug-likeness (QED) is 0.613. The highest BCUT2D eigenvalue weighted by molar-refractivity contribution is 14.1. The summed E-state index contributed by atoms with van der Waals surface area (Å²) in [5.74, 6) is 2.06. The molecule has 0 unspecified atom stereocenters. The number of ether oxygens (including phenoxy) is 3. The first-order valence-corrected chi connectivity index (χ1v) is 9.75. The number of nitrogens with zero attached hydrogens (tertiary/aromatic N) is 2. The molecule has 0 aliphatic carbocycles. The summed E-state index contributed by atoms with van der Waals surface area (Å²) in [6, 6.07) is 11.6. The highest BCUT2D eigenvalue weighted by atomic mass is 127. The van der Waals surface area contributed by atoms with Crippen molar-refractivity contribution >= 4 is 34.2 Å². The number of benzene rings is 2. The Morgan fingerprint density at radius 2 is 1.48 bits per heavy atom. The molecule has 144 valence electrons. The van der Waals surface area contributed by atoms with Gasteiger partial charge in [-0.3, -0.25) is 4.79 Å². The lowest BCUT2D eigenvalue weighted by molar-refractivity contribution is 0.0745. The van der Waals surface area contributed by atoms with Crippen molar-refractivity contribution in [1.82, 2.24) is 4.90 Å². The maximum atomic E-state index is 13.0. The number of anilines is 1. The number of methoxy groups -OCH3 is 3. The summed E-state index contributed by atoms with van der Waals surface area (Å²) < 4.78 is 17.0. The molecule has 6 nitrogen and oxygen atoms in total. The molecule has 1 aliphatic heterocycles. The molecule has 0 aromatic heterocycles. The van der Waals surface area contributed by atoms with Crippen molar-refractivity contribution in [3.8, 4) is 17.2 Å². The first-order chi connectivity index (χ1) is 13.1. The van der Waals surface area contributed by atoms with Crippen molar-refractivity contribution in [3.05, 3.63) is 45.5 Å². The first-order valence-electron chi connectivity index (χ1n) is 8.67. The van der Waals surface area contributed by atoms with Crippen LogP contribution in [0.25, 0.3) is 0 Å². The zero-order valence-electron chi connectivity index (χ0n) is 15.7. The van der Waals surface area contributed by atoms with Crippen molar-refractivity contribution in [2.75, 3.05) is 52.4 Å². The van der Waals surface area contributed by atoms with Crippen molar-refractivity contribution in [1.29, 1.82) is 0 Å². The van der Waals surface area contributed by atoms with Crippen LogP contribution in [0.5, 0.6) is 17.2 Å². The van der Waals surface area contributed by atoms with Gasteiger partial charge in [-0.1, -0.05) is 12.1 Å². The fourth-order valence-electron chi connectivity index (χ4n) is 3.23. The number of carbonyl (C=O) groups is 1. The normalized spacial score (nSPS) is 14.1. The van der Waals surface area contributed by atoms with Gasteiger partial charge in [0, 0.05) is 29.7 Å². The van der Waals surface area contributed by atoms with Crippen LogP contribution in [0.1, 0.15) is 10.4 Å². The number of rotatable bonds is 5. The number of hydrogen-bond acceptors (Lipinski definition) is 5. The summed E-state index contributed by atoms with van der Waals surface area (Å²) in [7, 11) is 4.84. The van der Waals surface area contributed by atoms with E-state index in [0.29, 0.717) is 30.2 Å². The standard InChI is InChI=1S/C20H23IN2O4/c1-25-17-7-5-4-6-16(17)22-8-10-23(11-9-22)20(24)14-12-18(26-2)19(27-3)13-15(14)21/h4-7,12-13H,8-11H2,1-3H3. The van der Waals surface area contributed by atoms with E-state index < -0.39 is 0 Å². The fourth-order valence-corrected chi connectivity index (χ4v) is 3.90. The molecule has 3 rings (SSSR count). The Kier molecular flexibility index (Phi) is 6.30. The van der Waals surface area contributed by atoms with E-state index in [2.05, 4.69) is 27.5 Å². The minimum atomic E-state index is 0.0139. The first kappa shape index (κ1) is 19.6. The lowest BCUT2D eigenvalue weighted by atomic mass is 10.1. The predicted octanol–water partition coefficient (Wildman–Crippen LogP) is 3.28. The Hall–Kier alpha value is -2.16. The highest BCUT2D eigenvalue weighted by Gasteiger charge is 2.26. The van der Waals surface area contributed by atoms with E-state index in [1.54, 1.807) is 27.4 Å². The van der Waals surface area contributed by atoms with Gasteiger partial charge in [-0.2, -0.15) is 0 Å². The summed E-state index contributed by atoms with van der Waals surface area (Å²) >= 11 is 2.17. The van der Waals surface area contributed by atoms with Crippen LogP contribution in [0.15, 0.2) is 36.4 Å². The largest absolute Gasteiger partial charge is 0.495 e. The van der Waals surface area contributed by atoms with Crippen molar-refractivity contribution in [2.45, 2.75) is 0 Å². The van der Waals surface area contributed by atoms with Crippen LogP contribution in [-0.2, 0) is 0 Å². The summed E-state index contributed by atoms with van der Waals surface area (Å²) in [6.45, 7) is 2.83. The van der Waals surface area contributed by atoms with Crippen LogP contribution in [-0.4, -0.2) is 58.3 Å². The van der Waals surface area contributed by atoms with Crippen LogP contribution in [0.2, 0.25) is 0 Å². The number of piperazine rings is 1. The van der Waals surface area contributed by atoms with Gasteiger partial charge in [0.15, 0.2) is 11.5 Å². The third-order valence-electron chi connectivity index (χ3n) is 4.70. The maximum absolute atomic E-state index is 13.0. The molecular formula is C20H23IN2O4. The Balaban J connectivity index is 1.74. The van der Waals surface area contributed by atoms with Gasteiger partial charge in [-0.05, 0) is 46.9 Å². The van der Waals surface area contributed by atoms with E-state index in [0.717, 1.165) is 28.1 Å². The third-order valence-corrected chi connectivity index (χ3v) is 5.59. The average Bonchev–Trinajstić information content (AvgIpc) is 2.73. The second kappa shape index (κ2) is 8.69. The Morgan fingerprint density at radius 1 is 0.889 bits per heavy atom. The van der Waals surface area contributed by atoms with Crippen LogP contribution in [0.3, 0.4) is 0 Å². The molecule has 27 heavy (non-hydrogen) atoms. The second-order valence-electron chi connectivity index (χ2n) is 6.14. The Morgan fingerprint density at radius 3 is 2.11 bits per heavy atom. The van der Waals surface area contributed by atoms with Gasteiger partial charge in [0.1, 0.15) is 5.75 Å². The summed E-state index contributed by atoms with van der Waals surface area (Å²) in [4.78, 5) is 17.2. The summed E-state index contributed by atoms with van der Waals surface area (Å²) in [6.07, 6.45) is 0. The van der Waals surface area contributed by atoms with Crippen LogP contribution in [0.4, 0.5) is 5.69 Å². The molecule has 1 heterocycles. The number of para-hydroxylation sites is 2. The molecule has 1 fully saturated rings. The molecule has 1 aliphatic rings.